The van der Waals surface area contributed by atoms with Gasteiger partial charge in [-0.2, -0.15) is 0 Å². The van der Waals surface area contributed by atoms with Crippen molar-refractivity contribution in [1.29, 1.82) is 0 Å². The summed E-state index contributed by atoms with van der Waals surface area (Å²) in [5.41, 5.74) is 7.43. The van der Waals surface area contributed by atoms with Crippen molar-refractivity contribution in [2.75, 3.05) is 64.6 Å². The maximum absolute atomic E-state index is 14.1. The Balaban J connectivity index is 0.800. The lowest BCUT2D eigenvalue weighted by Crippen LogP contribution is -2.57. The van der Waals surface area contributed by atoms with Gasteiger partial charge < -0.3 is 45.1 Å². The molecule has 2 aromatic heterocycles. The molecule has 0 unspecified atom stereocenters. The Hall–Kier alpha value is -6.20. The quantitative estimate of drug-likeness (QED) is 0.0456. The Bertz CT molecular complexity index is 2920. The third-order valence-corrected chi connectivity index (χ3v) is 16.7. The van der Waals surface area contributed by atoms with E-state index in [2.05, 4.69) is 30.8 Å². The van der Waals surface area contributed by atoms with Crippen LogP contribution in [0.2, 0.25) is 5.02 Å². The number of benzene rings is 3. The molecule has 0 aliphatic carbocycles. The molecule has 3 aromatic carbocycles. The number of anilines is 1. The number of rotatable bonds is 21. The van der Waals surface area contributed by atoms with Crippen molar-refractivity contribution >= 4 is 70.6 Å². The van der Waals surface area contributed by atoms with Crippen molar-refractivity contribution in [2.45, 2.75) is 104 Å². The van der Waals surface area contributed by atoms with E-state index in [0.29, 0.717) is 74.3 Å². The number of ether oxygens (including phenoxy) is 1. The molecule has 4 N–H and O–H groups in total. The molecule has 0 spiro atoms. The van der Waals surface area contributed by atoms with Crippen LogP contribution in [0.1, 0.15) is 93.2 Å². The number of methoxy groups -OCH3 is 1. The first-order chi connectivity index (χ1) is 36.2. The number of β-amino-alcohol motifs (C(OH)–C–C–N with tert-alkyl or cyclic N) is 1. The van der Waals surface area contributed by atoms with Crippen molar-refractivity contribution in [3.05, 3.63) is 117 Å². The zero-order valence-corrected chi connectivity index (χ0v) is 47.0. The molecule has 76 heavy (non-hydrogen) atoms. The maximum atomic E-state index is 14.1. The predicted molar refractivity (Wildman–Crippen MR) is 298 cm³/mol. The first-order valence-electron chi connectivity index (χ1n) is 25.8. The summed E-state index contributed by atoms with van der Waals surface area (Å²) in [5.74, 6) is -0.181. The second kappa shape index (κ2) is 25.8. The number of aliphatic hydroxyl groups is 1. The fourth-order valence-corrected chi connectivity index (χ4v) is 11.9. The van der Waals surface area contributed by atoms with Gasteiger partial charge in [0.15, 0.2) is 0 Å². The lowest BCUT2D eigenvalue weighted by molar-refractivity contribution is -0.144. The van der Waals surface area contributed by atoms with Crippen LogP contribution in [0.5, 0.6) is 5.75 Å². The number of nitrogens with zero attached hydrogens (tertiary/aromatic N) is 6. The van der Waals surface area contributed by atoms with Gasteiger partial charge in [-0.05, 0) is 61.3 Å². The Morgan fingerprint density at radius 2 is 1.62 bits per heavy atom. The fraction of sp³-hybridized carbons (Fsp3) is 0.464. The van der Waals surface area contributed by atoms with Crippen LogP contribution in [0.3, 0.4) is 0 Å². The lowest BCUT2D eigenvalue weighted by atomic mass is 9.85. The van der Waals surface area contributed by atoms with Gasteiger partial charge in [-0.1, -0.05) is 87.0 Å². The summed E-state index contributed by atoms with van der Waals surface area (Å²) in [6, 6.07) is 19.7. The molecule has 2 aliphatic rings. The largest absolute Gasteiger partial charge is 0.496 e. The summed E-state index contributed by atoms with van der Waals surface area (Å²) in [6.45, 7) is 13.9. The molecule has 5 aromatic rings. The molecule has 4 heterocycles. The van der Waals surface area contributed by atoms with Crippen LogP contribution in [0.25, 0.3) is 10.4 Å². The average molecular weight is 1100 g/mol. The van der Waals surface area contributed by atoms with Gasteiger partial charge >= 0.3 is 0 Å². The van der Waals surface area contributed by atoms with E-state index in [1.807, 2.05) is 99.3 Å². The molecule has 0 saturated carbocycles. The number of thiazole rings is 1. The van der Waals surface area contributed by atoms with Crippen LogP contribution in [-0.2, 0) is 47.9 Å². The number of halogens is 1. The third kappa shape index (κ3) is 15.3. The van der Waals surface area contributed by atoms with Crippen LogP contribution in [0.4, 0.5) is 5.69 Å². The number of hydrogen-bond donors (Lipinski definition) is 4. The SMILES string of the molecule is COc1cc(N2CCN(C(=O)CCCNC(=O)CCCC(=O)N[C@H](C(=O)N3C[C@H](O)C[C@H]3C(=O)NCc3ccc(-c4scnc4C)cc3)C(C)(C)C)CC2)ccc1Cc1ncc(Cl)c(Cc2ccccc2P(C)(C)=O)n1. The molecule has 20 heteroatoms. The standard InChI is InChI=1S/C56H71ClN9O8PS/c1-36-52(76-35-61-36)38-19-17-37(18-20-38)32-60-54(71)45-31-42(67)34-66(45)55(72)53(56(2,3)4)63-50(69)15-10-14-49(68)58-23-11-16-51(70)65-26-24-64(25-27-65)41-22-21-39(46(30-41)74-5)29-48-59-33-43(57)44(62-48)28-40-12-8-9-13-47(40)75(6,7)73/h8-9,12-13,17-22,30,33,35,42,45,53,67H,10-11,14-16,23-29,31-32,34H2,1-7H3,(H,58,68)(H,60,71)(H,63,69)/t42-,45+,53-/m1/s1. The van der Waals surface area contributed by atoms with E-state index in [1.165, 1.54) is 4.90 Å². The van der Waals surface area contributed by atoms with Gasteiger partial charge in [-0.15, -0.1) is 11.3 Å². The summed E-state index contributed by atoms with van der Waals surface area (Å²) >= 11 is 8.12. The number of carbonyl (C=O) groups is 5. The number of aliphatic hydroxyl groups excluding tert-OH is 1. The van der Waals surface area contributed by atoms with Crippen LogP contribution < -0.4 is 30.9 Å². The first-order valence-corrected chi connectivity index (χ1v) is 29.7. The summed E-state index contributed by atoms with van der Waals surface area (Å²) in [4.78, 5) is 86.8. The normalized spacial score (nSPS) is 16.3. The minimum atomic E-state index is -2.51. The van der Waals surface area contributed by atoms with E-state index in [0.717, 1.165) is 43.8 Å². The van der Waals surface area contributed by atoms with E-state index in [1.54, 1.807) is 43.5 Å². The monoisotopic (exact) mass is 1100 g/mol. The summed E-state index contributed by atoms with van der Waals surface area (Å²) in [6.07, 6.45) is 2.74. The molecule has 0 radical (unpaired) electrons. The lowest BCUT2D eigenvalue weighted by Gasteiger charge is -2.36. The smallest absolute Gasteiger partial charge is 0.246 e. The molecule has 406 valence electrons. The third-order valence-electron chi connectivity index (χ3n) is 13.8. The molecule has 0 bridgehead atoms. The number of hydrogen-bond acceptors (Lipinski definition) is 13. The van der Waals surface area contributed by atoms with Gasteiger partial charge in [0.1, 0.15) is 30.8 Å². The second-order valence-electron chi connectivity index (χ2n) is 21.0. The minimum absolute atomic E-state index is 0.00325. The maximum Gasteiger partial charge on any atom is 0.246 e. The number of nitrogens with one attached hydrogen (secondary N) is 3. The van der Waals surface area contributed by atoms with Crippen molar-refractivity contribution in [1.82, 2.24) is 40.7 Å². The Morgan fingerprint density at radius 1 is 0.895 bits per heavy atom. The Kier molecular flexibility index (Phi) is 19.5. The van der Waals surface area contributed by atoms with Crippen LogP contribution in [0, 0.1) is 12.3 Å². The van der Waals surface area contributed by atoms with Gasteiger partial charge in [0.25, 0.3) is 0 Å². The molecule has 17 nitrogen and oxygen atoms in total. The zero-order chi connectivity index (χ0) is 54.7. The Morgan fingerprint density at radius 3 is 2.30 bits per heavy atom. The molecule has 7 rings (SSSR count). The van der Waals surface area contributed by atoms with Gasteiger partial charge in [0, 0.05) is 113 Å². The minimum Gasteiger partial charge on any atom is -0.496 e. The Labute approximate surface area is 454 Å². The van der Waals surface area contributed by atoms with E-state index in [-0.39, 0.29) is 62.9 Å². The van der Waals surface area contributed by atoms with E-state index in [4.69, 9.17) is 21.3 Å². The number of likely N-dealkylation sites (tertiary alicyclic amines) is 1. The van der Waals surface area contributed by atoms with Crippen LogP contribution >= 0.6 is 30.1 Å². The zero-order valence-electron chi connectivity index (χ0n) is 44.6. The number of aromatic nitrogens is 3. The summed E-state index contributed by atoms with van der Waals surface area (Å²) in [7, 11) is -0.881. The number of carbonyl (C=O) groups excluding carboxylic acids is 5. The molecule has 3 atom stereocenters. The molecule has 5 amide bonds. The predicted octanol–water partition coefficient (Wildman–Crippen LogP) is 6.52. The van der Waals surface area contributed by atoms with E-state index < -0.39 is 42.6 Å². The second-order valence-corrected chi connectivity index (χ2v) is 25.5. The number of aryl methyl sites for hydroxylation is 1. The molecular formula is C56H71ClN9O8PS. The van der Waals surface area contributed by atoms with Crippen molar-refractivity contribution < 1.29 is 38.4 Å². The summed E-state index contributed by atoms with van der Waals surface area (Å²) < 4.78 is 18.8. The highest BCUT2D eigenvalue weighted by Crippen LogP contribution is 2.37. The van der Waals surface area contributed by atoms with Crippen LogP contribution in [-0.4, -0.2) is 137 Å². The van der Waals surface area contributed by atoms with Gasteiger partial charge in [0.05, 0.1) is 40.0 Å². The number of piperazine rings is 1. The highest BCUT2D eigenvalue weighted by Gasteiger charge is 2.44. The fourth-order valence-electron chi connectivity index (χ4n) is 9.62. The van der Waals surface area contributed by atoms with E-state index in [9.17, 15) is 33.6 Å². The molecular weight excluding hydrogens is 1030 g/mol. The molecule has 2 aliphatic heterocycles. The highest BCUT2D eigenvalue weighted by atomic mass is 35.5. The summed E-state index contributed by atoms with van der Waals surface area (Å²) in [5, 5.41) is 20.5. The van der Waals surface area contributed by atoms with Crippen molar-refractivity contribution in [2.24, 2.45) is 5.41 Å². The average Bonchev–Trinajstić information content (AvgIpc) is 4.02. The van der Waals surface area contributed by atoms with Crippen molar-refractivity contribution in [3.63, 3.8) is 0 Å². The number of amides is 5. The topological polar surface area (TPSA) is 216 Å². The van der Waals surface area contributed by atoms with Crippen LogP contribution in [0.15, 0.2) is 78.4 Å². The van der Waals surface area contributed by atoms with E-state index >= 15 is 0 Å². The van der Waals surface area contributed by atoms with Gasteiger partial charge in [0.2, 0.25) is 29.5 Å². The van der Waals surface area contributed by atoms with Crippen molar-refractivity contribution in [3.8, 4) is 16.2 Å². The van der Waals surface area contributed by atoms with Gasteiger partial charge in [-0.25, -0.2) is 15.0 Å². The molecule has 2 saturated heterocycles. The molecule has 2 fully saturated rings. The highest BCUT2D eigenvalue weighted by molar-refractivity contribution is 7.70. The first kappa shape index (κ1) is 57.5. The van der Waals surface area contributed by atoms with Gasteiger partial charge in [-0.3, -0.25) is 24.0 Å².